The third kappa shape index (κ3) is 15.6. The van der Waals surface area contributed by atoms with E-state index in [4.69, 9.17) is 10.2 Å². The number of rotatable bonds is 3. The molecule has 0 aliphatic heterocycles. The summed E-state index contributed by atoms with van der Waals surface area (Å²) in [5.41, 5.74) is 1.17. The molecule has 0 amide bonds. The summed E-state index contributed by atoms with van der Waals surface area (Å²) in [6, 6.07) is 10.0. The topological polar surface area (TPSA) is 74.6 Å². The van der Waals surface area contributed by atoms with Gasteiger partial charge in [0.15, 0.2) is 0 Å². The summed E-state index contributed by atoms with van der Waals surface area (Å²) in [5, 5.41) is 15.6. The Bertz CT molecular complexity index is 372. The molecule has 4 nitrogen and oxygen atoms in total. The Morgan fingerprint density at radius 1 is 0.944 bits per heavy atom. The number of hydrogen-bond acceptors (Lipinski definition) is 2. The van der Waals surface area contributed by atoms with Crippen molar-refractivity contribution in [3.05, 3.63) is 54.6 Å². The number of carbonyl (C=O) groups is 2. The Morgan fingerprint density at radius 3 is 1.56 bits per heavy atom. The van der Waals surface area contributed by atoms with E-state index in [0.717, 1.165) is 0 Å². The zero-order valence-corrected chi connectivity index (χ0v) is 8.54. The monoisotopic (exact) mass is 268 g/mol. The molecule has 0 atom stereocenters. The molecule has 0 spiro atoms. The van der Waals surface area contributed by atoms with E-state index in [1.807, 2.05) is 36.4 Å². The molecule has 1 rings (SSSR count). The van der Waals surface area contributed by atoms with Gasteiger partial charge in [-0.1, -0.05) is 43.0 Å². The summed E-state index contributed by atoms with van der Waals surface area (Å²) >= 11 is 0. The van der Waals surface area contributed by atoms with E-state index < -0.39 is 11.9 Å². The SMILES string of the molecule is C=Cc1ccccc1.O=C(O)/C=C/C(=O)O.[NaH].[NaH]. The maximum atomic E-state index is 9.55. The minimum absolute atomic E-state index is 0. The van der Waals surface area contributed by atoms with Gasteiger partial charge in [0.05, 0.1) is 0 Å². The van der Waals surface area contributed by atoms with Crippen molar-refractivity contribution < 1.29 is 19.8 Å². The predicted molar refractivity (Wildman–Crippen MR) is 75.2 cm³/mol. The molecule has 0 saturated carbocycles. The van der Waals surface area contributed by atoms with E-state index in [2.05, 4.69) is 6.58 Å². The molecule has 1 aromatic rings. The molecule has 1 aromatic carbocycles. The van der Waals surface area contributed by atoms with Crippen LogP contribution in [0.3, 0.4) is 0 Å². The van der Waals surface area contributed by atoms with E-state index in [9.17, 15) is 9.59 Å². The second kappa shape index (κ2) is 14.7. The van der Waals surface area contributed by atoms with Gasteiger partial charge in [-0.15, -0.1) is 0 Å². The van der Waals surface area contributed by atoms with Crippen molar-refractivity contribution >= 4 is 77.1 Å². The Morgan fingerprint density at radius 2 is 1.33 bits per heavy atom. The van der Waals surface area contributed by atoms with Gasteiger partial charge >= 0.3 is 71.1 Å². The van der Waals surface area contributed by atoms with Crippen LogP contribution in [0.5, 0.6) is 0 Å². The van der Waals surface area contributed by atoms with Crippen molar-refractivity contribution in [2.75, 3.05) is 0 Å². The maximum absolute atomic E-state index is 9.55. The van der Waals surface area contributed by atoms with Crippen LogP contribution in [0.4, 0.5) is 0 Å². The van der Waals surface area contributed by atoms with Crippen LogP contribution in [0.2, 0.25) is 0 Å². The molecule has 2 N–H and O–H groups in total. The van der Waals surface area contributed by atoms with Gasteiger partial charge in [-0.2, -0.15) is 0 Å². The van der Waals surface area contributed by atoms with Crippen LogP contribution in [-0.4, -0.2) is 81.3 Å². The summed E-state index contributed by atoms with van der Waals surface area (Å²) in [6.07, 6.45) is 2.95. The fourth-order valence-electron chi connectivity index (χ4n) is 0.732. The number of carboxylic acid groups (broad SMARTS) is 2. The molecule has 0 aliphatic rings. The molecule has 0 radical (unpaired) electrons. The Hall–Kier alpha value is -0.360. The molecule has 0 bridgehead atoms. The zero-order chi connectivity index (χ0) is 12.4. The molecule has 0 saturated heterocycles. The first-order valence-corrected chi connectivity index (χ1v) is 4.37. The quantitative estimate of drug-likeness (QED) is 0.626. The molecular weight excluding hydrogens is 254 g/mol. The molecular formula is C12H14Na2O4. The van der Waals surface area contributed by atoms with Gasteiger partial charge in [0.2, 0.25) is 0 Å². The van der Waals surface area contributed by atoms with Crippen molar-refractivity contribution in [1.29, 1.82) is 0 Å². The van der Waals surface area contributed by atoms with Gasteiger partial charge in [0.1, 0.15) is 0 Å². The standard InChI is InChI=1S/C8H8.C4H4O4.2Na.2H/c1-2-8-6-4-3-5-7-8;5-3(6)1-2-4(7)8;;;;/h2-7H,1H2;1-2H,(H,5,6)(H,7,8);;;;/b;2-1+;;;;. The third-order valence-electron chi connectivity index (χ3n) is 1.40. The molecule has 0 fully saturated rings. The van der Waals surface area contributed by atoms with E-state index >= 15 is 0 Å². The predicted octanol–water partition coefficient (Wildman–Crippen LogP) is 0.744. The van der Waals surface area contributed by atoms with Gasteiger partial charge in [-0.3, -0.25) is 0 Å². The fourth-order valence-corrected chi connectivity index (χ4v) is 0.732. The van der Waals surface area contributed by atoms with Crippen molar-refractivity contribution in [3.63, 3.8) is 0 Å². The summed E-state index contributed by atoms with van der Waals surface area (Å²) in [4.78, 5) is 19.1. The number of aliphatic carboxylic acids is 2. The number of benzene rings is 1. The van der Waals surface area contributed by atoms with Crippen LogP contribution in [-0.2, 0) is 9.59 Å². The van der Waals surface area contributed by atoms with E-state index in [0.29, 0.717) is 12.2 Å². The van der Waals surface area contributed by atoms with Gasteiger partial charge in [0, 0.05) is 12.2 Å². The van der Waals surface area contributed by atoms with Crippen molar-refractivity contribution in [2.45, 2.75) is 0 Å². The second-order valence-corrected chi connectivity index (χ2v) is 2.62. The summed E-state index contributed by atoms with van der Waals surface area (Å²) in [7, 11) is 0. The van der Waals surface area contributed by atoms with Gasteiger partial charge in [-0.05, 0) is 5.56 Å². The molecule has 0 unspecified atom stereocenters. The summed E-state index contributed by atoms with van der Waals surface area (Å²) in [6.45, 7) is 3.63. The van der Waals surface area contributed by atoms with Crippen LogP contribution in [0, 0.1) is 0 Å². The minimum atomic E-state index is -1.26. The first kappa shape index (κ1) is 22.8. The molecule has 6 heteroatoms. The van der Waals surface area contributed by atoms with Crippen LogP contribution in [0.25, 0.3) is 6.08 Å². The molecule has 0 aliphatic carbocycles. The molecule has 0 aromatic heterocycles. The molecule has 88 valence electrons. The first-order chi connectivity index (χ1) is 7.56. The van der Waals surface area contributed by atoms with Crippen LogP contribution < -0.4 is 0 Å². The number of carboxylic acids is 2. The fraction of sp³-hybridized carbons (Fsp3) is 0. The van der Waals surface area contributed by atoms with Gasteiger partial charge in [-0.25, -0.2) is 9.59 Å². The van der Waals surface area contributed by atoms with E-state index in [1.54, 1.807) is 0 Å². The molecule has 18 heavy (non-hydrogen) atoms. The zero-order valence-electron chi connectivity index (χ0n) is 8.54. The summed E-state index contributed by atoms with van der Waals surface area (Å²) < 4.78 is 0. The van der Waals surface area contributed by atoms with E-state index in [1.165, 1.54) is 5.56 Å². The summed E-state index contributed by atoms with van der Waals surface area (Å²) in [5.74, 6) is -2.51. The molecule has 0 heterocycles. The van der Waals surface area contributed by atoms with Gasteiger partial charge < -0.3 is 10.2 Å². The Kier molecular flexibility index (Phi) is 18.6. The van der Waals surface area contributed by atoms with Crippen molar-refractivity contribution in [3.8, 4) is 0 Å². The third-order valence-corrected chi connectivity index (χ3v) is 1.40. The number of hydrogen-bond donors (Lipinski definition) is 2. The Balaban J connectivity index is -0.000000225. The normalized spacial score (nSPS) is 8.00. The van der Waals surface area contributed by atoms with Gasteiger partial charge in [0.25, 0.3) is 0 Å². The van der Waals surface area contributed by atoms with Crippen LogP contribution in [0.1, 0.15) is 5.56 Å². The van der Waals surface area contributed by atoms with Crippen LogP contribution in [0.15, 0.2) is 49.1 Å². The second-order valence-electron chi connectivity index (χ2n) is 2.62. The van der Waals surface area contributed by atoms with Crippen LogP contribution >= 0.6 is 0 Å². The van der Waals surface area contributed by atoms with Crippen molar-refractivity contribution in [2.24, 2.45) is 0 Å². The average Bonchev–Trinajstić information content (AvgIpc) is 2.28. The van der Waals surface area contributed by atoms with Crippen molar-refractivity contribution in [1.82, 2.24) is 0 Å². The van der Waals surface area contributed by atoms with E-state index in [-0.39, 0.29) is 59.1 Å². The Labute approximate surface area is 150 Å². The average molecular weight is 268 g/mol. The first-order valence-electron chi connectivity index (χ1n) is 4.37.